The number of carboxylic acids is 1. The summed E-state index contributed by atoms with van der Waals surface area (Å²) in [7, 11) is -3.77. The van der Waals surface area contributed by atoms with E-state index in [1.807, 2.05) is 13.0 Å². The first-order chi connectivity index (χ1) is 10.2. The minimum atomic E-state index is -3.77. The maximum atomic E-state index is 12.5. The van der Waals surface area contributed by atoms with Crippen molar-refractivity contribution in [3.05, 3.63) is 58.7 Å². The molecular weight excluding hydrogens is 302 g/mol. The molecular formula is C16H17NO4S. The molecule has 0 atom stereocenters. The van der Waals surface area contributed by atoms with Crippen LogP contribution in [0.25, 0.3) is 0 Å². The summed E-state index contributed by atoms with van der Waals surface area (Å²) in [4.78, 5) is 11.3. The summed E-state index contributed by atoms with van der Waals surface area (Å²) in [6, 6.07) is 9.67. The second-order valence-electron chi connectivity index (χ2n) is 5.16. The molecule has 0 aromatic heterocycles. The normalized spacial score (nSPS) is 11.2. The van der Waals surface area contributed by atoms with Gasteiger partial charge in [-0.25, -0.2) is 13.2 Å². The number of carboxylic acid groups (broad SMARTS) is 1. The molecule has 0 aliphatic rings. The predicted octanol–water partition coefficient (Wildman–Crippen LogP) is 3.11. The number of aryl methyl sites for hydroxylation is 2. The van der Waals surface area contributed by atoms with E-state index in [4.69, 9.17) is 5.11 Å². The standard InChI is InChI=1S/C16H17NO4S/c1-10-7-8-11(2)15(9-10)22(20,21)17-14-6-4-5-13(12(14)3)16(18)19/h4-9,17H,1-3H3,(H,18,19). The van der Waals surface area contributed by atoms with Gasteiger partial charge in [0.1, 0.15) is 0 Å². The van der Waals surface area contributed by atoms with Gasteiger partial charge >= 0.3 is 5.97 Å². The topological polar surface area (TPSA) is 83.5 Å². The summed E-state index contributed by atoms with van der Waals surface area (Å²) < 4.78 is 27.6. The number of rotatable bonds is 4. The summed E-state index contributed by atoms with van der Waals surface area (Å²) in [5.74, 6) is -1.09. The lowest BCUT2D eigenvalue weighted by Gasteiger charge is -2.14. The van der Waals surface area contributed by atoms with Crippen molar-refractivity contribution in [1.29, 1.82) is 0 Å². The lowest BCUT2D eigenvalue weighted by molar-refractivity contribution is 0.0696. The average molecular weight is 319 g/mol. The fourth-order valence-corrected chi connectivity index (χ4v) is 3.63. The maximum absolute atomic E-state index is 12.5. The van der Waals surface area contributed by atoms with E-state index >= 15 is 0 Å². The maximum Gasteiger partial charge on any atom is 0.336 e. The Morgan fingerprint density at radius 3 is 2.41 bits per heavy atom. The van der Waals surface area contributed by atoms with E-state index < -0.39 is 16.0 Å². The minimum absolute atomic E-state index is 0.0705. The van der Waals surface area contributed by atoms with Crippen LogP contribution < -0.4 is 4.72 Å². The van der Waals surface area contributed by atoms with Crippen molar-refractivity contribution >= 4 is 21.7 Å². The van der Waals surface area contributed by atoms with Crippen LogP contribution >= 0.6 is 0 Å². The van der Waals surface area contributed by atoms with Crippen LogP contribution in [0.5, 0.6) is 0 Å². The fourth-order valence-electron chi connectivity index (χ4n) is 2.17. The highest BCUT2D eigenvalue weighted by Crippen LogP contribution is 2.24. The Morgan fingerprint density at radius 1 is 1.09 bits per heavy atom. The molecule has 0 aliphatic carbocycles. The van der Waals surface area contributed by atoms with Gasteiger partial charge in [-0.2, -0.15) is 0 Å². The third-order valence-electron chi connectivity index (χ3n) is 3.44. The predicted molar refractivity (Wildman–Crippen MR) is 84.9 cm³/mol. The van der Waals surface area contributed by atoms with E-state index in [0.29, 0.717) is 11.1 Å². The number of hydrogen-bond acceptors (Lipinski definition) is 3. The summed E-state index contributed by atoms with van der Waals surface area (Å²) in [5.41, 5.74) is 2.18. The summed E-state index contributed by atoms with van der Waals surface area (Å²) in [6.45, 7) is 5.10. The molecule has 116 valence electrons. The largest absolute Gasteiger partial charge is 0.478 e. The average Bonchev–Trinajstić information content (AvgIpc) is 2.43. The molecule has 0 aliphatic heterocycles. The molecule has 0 fully saturated rings. The van der Waals surface area contributed by atoms with Gasteiger partial charge in [0, 0.05) is 0 Å². The van der Waals surface area contributed by atoms with Crippen LogP contribution in [0.4, 0.5) is 5.69 Å². The van der Waals surface area contributed by atoms with Gasteiger partial charge in [-0.3, -0.25) is 4.72 Å². The molecule has 0 unspecified atom stereocenters. The molecule has 22 heavy (non-hydrogen) atoms. The first-order valence-electron chi connectivity index (χ1n) is 6.65. The Kier molecular flexibility index (Phi) is 4.23. The van der Waals surface area contributed by atoms with Gasteiger partial charge in [-0.1, -0.05) is 18.2 Å². The second kappa shape index (κ2) is 5.81. The number of sulfonamides is 1. The van der Waals surface area contributed by atoms with Gasteiger partial charge in [0.25, 0.3) is 10.0 Å². The van der Waals surface area contributed by atoms with E-state index in [2.05, 4.69) is 4.72 Å². The highest BCUT2D eigenvalue weighted by atomic mass is 32.2. The van der Waals surface area contributed by atoms with Gasteiger partial charge < -0.3 is 5.11 Å². The third kappa shape index (κ3) is 3.12. The molecule has 0 heterocycles. The Balaban J connectivity index is 2.48. The molecule has 2 N–H and O–H groups in total. The molecule has 2 rings (SSSR count). The van der Waals surface area contributed by atoms with Crippen molar-refractivity contribution < 1.29 is 18.3 Å². The SMILES string of the molecule is Cc1ccc(C)c(S(=O)(=O)Nc2cccc(C(=O)O)c2C)c1. The minimum Gasteiger partial charge on any atom is -0.478 e. The van der Waals surface area contributed by atoms with Crippen molar-refractivity contribution in [2.75, 3.05) is 4.72 Å². The van der Waals surface area contributed by atoms with E-state index in [1.165, 1.54) is 12.1 Å². The zero-order valence-corrected chi connectivity index (χ0v) is 13.4. The molecule has 0 amide bonds. The van der Waals surface area contributed by atoms with E-state index in [0.717, 1.165) is 5.56 Å². The van der Waals surface area contributed by atoms with Crippen molar-refractivity contribution in [1.82, 2.24) is 0 Å². The molecule has 5 nitrogen and oxygen atoms in total. The number of aromatic carboxylic acids is 1. The van der Waals surface area contributed by atoms with Crippen LogP contribution in [-0.2, 0) is 10.0 Å². The summed E-state index contributed by atoms with van der Waals surface area (Å²) in [5, 5.41) is 9.11. The van der Waals surface area contributed by atoms with Gasteiger partial charge in [-0.05, 0) is 55.7 Å². The van der Waals surface area contributed by atoms with E-state index in [1.54, 1.807) is 32.0 Å². The number of carbonyl (C=O) groups is 1. The molecule has 0 spiro atoms. The van der Waals surface area contributed by atoms with Gasteiger partial charge in [0.05, 0.1) is 16.1 Å². The molecule has 0 radical (unpaired) electrons. The van der Waals surface area contributed by atoms with Crippen molar-refractivity contribution in [2.45, 2.75) is 25.7 Å². The first kappa shape index (κ1) is 16.0. The molecule has 0 saturated heterocycles. The number of nitrogens with one attached hydrogen (secondary N) is 1. The van der Waals surface area contributed by atoms with E-state index in [-0.39, 0.29) is 16.1 Å². The van der Waals surface area contributed by atoms with Gasteiger partial charge in [-0.15, -0.1) is 0 Å². The molecule has 2 aromatic rings. The Hall–Kier alpha value is -2.34. The van der Waals surface area contributed by atoms with Gasteiger partial charge in [0.2, 0.25) is 0 Å². The third-order valence-corrected chi connectivity index (χ3v) is 4.95. The molecule has 0 bridgehead atoms. The number of anilines is 1. The lowest BCUT2D eigenvalue weighted by atomic mass is 10.1. The Morgan fingerprint density at radius 2 is 1.77 bits per heavy atom. The van der Waals surface area contributed by atoms with Crippen molar-refractivity contribution in [2.24, 2.45) is 0 Å². The van der Waals surface area contributed by atoms with Crippen molar-refractivity contribution in [3.63, 3.8) is 0 Å². The quantitative estimate of drug-likeness (QED) is 0.907. The highest BCUT2D eigenvalue weighted by molar-refractivity contribution is 7.92. The Bertz CT molecular complexity index is 841. The van der Waals surface area contributed by atoms with Gasteiger partial charge in [0.15, 0.2) is 0 Å². The Labute approximate surface area is 129 Å². The first-order valence-corrected chi connectivity index (χ1v) is 8.13. The van der Waals surface area contributed by atoms with E-state index in [9.17, 15) is 13.2 Å². The fraction of sp³-hybridized carbons (Fsp3) is 0.188. The van der Waals surface area contributed by atoms with Crippen LogP contribution in [0.3, 0.4) is 0 Å². The number of benzene rings is 2. The smallest absolute Gasteiger partial charge is 0.336 e. The van der Waals surface area contributed by atoms with Crippen LogP contribution in [0.1, 0.15) is 27.0 Å². The molecule has 0 saturated carbocycles. The lowest BCUT2D eigenvalue weighted by Crippen LogP contribution is -2.16. The zero-order chi connectivity index (χ0) is 16.5. The second-order valence-corrected chi connectivity index (χ2v) is 6.81. The van der Waals surface area contributed by atoms with Crippen LogP contribution in [-0.4, -0.2) is 19.5 Å². The van der Waals surface area contributed by atoms with Crippen molar-refractivity contribution in [3.8, 4) is 0 Å². The molecule has 2 aromatic carbocycles. The van der Waals surface area contributed by atoms with Crippen LogP contribution in [0.2, 0.25) is 0 Å². The zero-order valence-electron chi connectivity index (χ0n) is 12.5. The van der Waals surface area contributed by atoms with Crippen LogP contribution in [0, 0.1) is 20.8 Å². The van der Waals surface area contributed by atoms with Crippen LogP contribution in [0.15, 0.2) is 41.3 Å². The summed E-state index contributed by atoms with van der Waals surface area (Å²) >= 11 is 0. The monoisotopic (exact) mass is 319 g/mol. The number of hydrogen-bond donors (Lipinski definition) is 2. The highest BCUT2D eigenvalue weighted by Gasteiger charge is 2.19. The molecule has 6 heteroatoms. The summed E-state index contributed by atoms with van der Waals surface area (Å²) in [6.07, 6.45) is 0.